The topological polar surface area (TPSA) is 102 Å². The normalized spacial score (nSPS) is 24.6. The summed E-state index contributed by atoms with van der Waals surface area (Å²) in [6.07, 6.45) is 3.43. The van der Waals surface area contributed by atoms with E-state index in [1.807, 2.05) is 25.1 Å². The maximum absolute atomic E-state index is 12.9. The molecule has 0 bridgehead atoms. The van der Waals surface area contributed by atoms with Crippen molar-refractivity contribution in [1.29, 1.82) is 5.26 Å². The average molecular weight is 386 g/mol. The Morgan fingerprint density at radius 2 is 2.19 bits per heavy atom. The second kappa shape index (κ2) is 8.01. The van der Waals surface area contributed by atoms with Crippen molar-refractivity contribution in [1.82, 2.24) is 10.2 Å². The van der Waals surface area contributed by atoms with Gasteiger partial charge in [-0.15, -0.1) is 11.8 Å². The lowest BCUT2D eigenvalue weighted by Gasteiger charge is -2.36. The zero-order chi connectivity index (χ0) is 19.4. The predicted molar refractivity (Wildman–Crippen MR) is 102 cm³/mol. The van der Waals surface area contributed by atoms with Crippen LogP contribution in [0.3, 0.4) is 0 Å². The van der Waals surface area contributed by atoms with E-state index < -0.39 is 17.5 Å². The summed E-state index contributed by atoms with van der Waals surface area (Å²) in [7, 11) is 0. The molecule has 0 unspecified atom stereocenters. The molecule has 1 heterocycles. The van der Waals surface area contributed by atoms with Crippen LogP contribution in [0.1, 0.15) is 32.6 Å². The molecule has 2 N–H and O–H groups in total. The van der Waals surface area contributed by atoms with Crippen LogP contribution in [0.2, 0.25) is 0 Å². The van der Waals surface area contributed by atoms with Crippen LogP contribution >= 0.6 is 11.8 Å². The molecule has 2 aliphatic rings. The van der Waals surface area contributed by atoms with E-state index in [2.05, 4.69) is 10.6 Å². The molecule has 1 saturated heterocycles. The Balaban J connectivity index is 1.69. The first-order valence-corrected chi connectivity index (χ1v) is 9.99. The summed E-state index contributed by atoms with van der Waals surface area (Å²) in [6.45, 7) is 1.65. The first-order valence-electron chi connectivity index (χ1n) is 9.00. The van der Waals surface area contributed by atoms with Crippen LogP contribution in [0.5, 0.6) is 0 Å². The third-order valence-corrected chi connectivity index (χ3v) is 6.20. The van der Waals surface area contributed by atoms with Crippen LogP contribution in [0.25, 0.3) is 0 Å². The van der Waals surface area contributed by atoms with E-state index in [4.69, 9.17) is 5.26 Å². The smallest absolute Gasteiger partial charge is 0.324 e. The van der Waals surface area contributed by atoms with Gasteiger partial charge in [0, 0.05) is 4.90 Å². The number of nitrogens with zero attached hydrogens (tertiary/aromatic N) is 2. The molecular weight excluding hydrogens is 364 g/mol. The first kappa shape index (κ1) is 19.2. The Labute approximate surface area is 162 Å². The number of imide groups is 1. The lowest BCUT2D eigenvalue weighted by molar-refractivity contribution is -0.136. The molecular formula is C19H22N4O3S. The number of nitrogens with one attached hydrogen (secondary N) is 2. The highest BCUT2D eigenvalue weighted by molar-refractivity contribution is 7.99. The SMILES string of the molecule is C[C@H]1CCCC[C@@]12NC(=O)N(CC(=O)Nc1ccccc1SCC#N)C2=O. The van der Waals surface area contributed by atoms with Gasteiger partial charge in [-0.05, 0) is 30.9 Å². The van der Waals surface area contributed by atoms with Crippen LogP contribution in [-0.4, -0.2) is 40.6 Å². The van der Waals surface area contributed by atoms with Gasteiger partial charge in [0.15, 0.2) is 0 Å². The molecule has 1 aliphatic heterocycles. The summed E-state index contributed by atoms with van der Waals surface area (Å²) in [5.41, 5.74) is -0.300. The van der Waals surface area contributed by atoms with Crippen molar-refractivity contribution in [2.45, 2.75) is 43.0 Å². The van der Waals surface area contributed by atoms with Gasteiger partial charge in [-0.3, -0.25) is 14.5 Å². The number of hydrogen-bond donors (Lipinski definition) is 2. The van der Waals surface area contributed by atoms with Crippen LogP contribution < -0.4 is 10.6 Å². The zero-order valence-electron chi connectivity index (χ0n) is 15.2. The fourth-order valence-corrected chi connectivity index (χ4v) is 4.45. The minimum Gasteiger partial charge on any atom is -0.324 e. The number of carbonyl (C=O) groups is 3. The van der Waals surface area contributed by atoms with Crippen molar-refractivity contribution < 1.29 is 14.4 Å². The van der Waals surface area contributed by atoms with E-state index in [0.717, 1.165) is 29.1 Å². The molecule has 2 fully saturated rings. The van der Waals surface area contributed by atoms with Crippen LogP contribution in [-0.2, 0) is 9.59 Å². The van der Waals surface area contributed by atoms with Gasteiger partial charge >= 0.3 is 6.03 Å². The highest BCUT2D eigenvalue weighted by Gasteiger charge is 2.55. The standard InChI is InChI=1S/C19H22N4O3S/c1-13-6-4-5-9-19(13)17(25)23(18(26)22-19)12-16(24)21-14-7-2-3-8-15(14)27-11-10-20/h2-3,7-8,13H,4-6,9,11-12H2,1H3,(H,21,24)(H,22,26)/t13-,19+/m0/s1. The second-order valence-electron chi connectivity index (χ2n) is 6.93. The van der Waals surface area contributed by atoms with E-state index in [1.165, 1.54) is 11.8 Å². The lowest BCUT2D eigenvalue weighted by Crippen LogP contribution is -2.54. The van der Waals surface area contributed by atoms with E-state index >= 15 is 0 Å². The van der Waals surface area contributed by atoms with Gasteiger partial charge < -0.3 is 10.6 Å². The molecule has 142 valence electrons. The van der Waals surface area contributed by atoms with Gasteiger partial charge in [0.1, 0.15) is 12.1 Å². The van der Waals surface area contributed by atoms with E-state index in [1.54, 1.807) is 12.1 Å². The van der Waals surface area contributed by atoms with Crippen LogP contribution in [0, 0.1) is 17.2 Å². The molecule has 8 heteroatoms. The highest BCUT2D eigenvalue weighted by Crippen LogP contribution is 2.38. The molecule has 27 heavy (non-hydrogen) atoms. The number of carbonyl (C=O) groups excluding carboxylic acids is 3. The summed E-state index contributed by atoms with van der Waals surface area (Å²) in [5, 5.41) is 14.3. The van der Waals surface area contributed by atoms with Crippen LogP contribution in [0.15, 0.2) is 29.2 Å². The Kier molecular flexibility index (Phi) is 5.71. The number of urea groups is 1. The minimum atomic E-state index is -0.865. The molecule has 2 atom stereocenters. The maximum Gasteiger partial charge on any atom is 0.325 e. The minimum absolute atomic E-state index is 0.0545. The number of benzene rings is 1. The largest absolute Gasteiger partial charge is 0.325 e. The molecule has 1 aromatic rings. The number of hydrogen-bond acceptors (Lipinski definition) is 5. The molecule has 4 amide bonds. The molecule has 0 aromatic heterocycles. The second-order valence-corrected chi connectivity index (χ2v) is 7.95. The predicted octanol–water partition coefficient (Wildman–Crippen LogP) is 2.74. The molecule has 1 spiro atoms. The Hall–Kier alpha value is -2.53. The fraction of sp³-hybridized carbons (Fsp3) is 0.474. The highest BCUT2D eigenvalue weighted by atomic mass is 32.2. The third-order valence-electron chi connectivity index (χ3n) is 5.26. The lowest BCUT2D eigenvalue weighted by atomic mass is 9.73. The Morgan fingerprint density at radius 3 is 2.93 bits per heavy atom. The number of rotatable bonds is 5. The van der Waals surface area contributed by atoms with Crippen molar-refractivity contribution in [3.05, 3.63) is 24.3 Å². The molecule has 1 saturated carbocycles. The Morgan fingerprint density at radius 1 is 1.41 bits per heavy atom. The third kappa shape index (κ3) is 3.78. The van der Waals surface area contributed by atoms with Gasteiger partial charge in [0.25, 0.3) is 5.91 Å². The van der Waals surface area contributed by atoms with Crippen LogP contribution in [0.4, 0.5) is 10.5 Å². The first-order chi connectivity index (χ1) is 13.0. The van der Waals surface area contributed by atoms with Gasteiger partial charge in [0.05, 0.1) is 17.5 Å². The van der Waals surface area contributed by atoms with Crippen molar-refractivity contribution in [3.63, 3.8) is 0 Å². The average Bonchev–Trinajstić information content (AvgIpc) is 2.88. The van der Waals surface area contributed by atoms with Gasteiger partial charge in [-0.25, -0.2) is 4.79 Å². The zero-order valence-corrected chi connectivity index (χ0v) is 16.0. The monoisotopic (exact) mass is 386 g/mol. The Bertz CT molecular complexity index is 806. The van der Waals surface area contributed by atoms with Gasteiger partial charge in [0.2, 0.25) is 5.91 Å². The maximum atomic E-state index is 12.9. The summed E-state index contributed by atoms with van der Waals surface area (Å²) in [4.78, 5) is 39.6. The number of thioether (sulfide) groups is 1. The van der Waals surface area contributed by atoms with Crippen molar-refractivity contribution in [2.24, 2.45) is 5.92 Å². The van der Waals surface area contributed by atoms with Crippen molar-refractivity contribution >= 4 is 35.3 Å². The summed E-state index contributed by atoms with van der Waals surface area (Å²) in [6, 6.07) is 8.68. The van der Waals surface area contributed by atoms with Crippen molar-refractivity contribution in [2.75, 3.05) is 17.6 Å². The number of nitriles is 1. The van der Waals surface area contributed by atoms with Crippen molar-refractivity contribution in [3.8, 4) is 6.07 Å². The summed E-state index contributed by atoms with van der Waals surface area (Å²) in [5.74, 6) is -0.426. The number of amides is 4. The van der Waals surface area contributed by atoms with Gasteiger partial charge in [-0.2, -0.15) is 5.26 Å². The van der Waals surface area contributed by atoms with Gasteiger partial charge in [-0.1, -0.05) is 31.9 Å². The molecule has 1 aliphatic carbocycles. The molecule has 3 rings (SSSR count). The summed E-state index contributed by atoms with van der Waals surface area (Å²) < 4.78 is 0. The molecule has 1 aromatic carbocycles. The van der Waals surface area contributed by atoms with E-state index in [0.29, 0.717) is 12.1 Å². The fourth-order valence-electron chi connectivity index (χ4n) is 3.78. The quantitative estimate of drug-likeness (QED) is 0.598. The van der Waals surface area contributed by atoms with E-state index in [-0.39, 0.29) is 24.1 Å². The number of anilines is 1. The molecule has 7 nitrogen and oxygen atoms in total. The van der Waals surface area contributed by atoms with E-state index in [9.17, 15) is 14.4 Å². The summed E-state index contributed by atoms with van der Waals surface area (Å²) >= 11 is 1.32. The molecule has 0 radical (unpaired) electrons. The number of para-hydroxylation sites is 1.